The van der Waals surface area contributed by atoms with E-state index in [1.807, 2.05) is 31.2 Å². The van der Waals surface area contributed by atoms with Gasteiger partial charge in [-0.25, -0.2) is 4.79 Å². The molecule has 5 heteroatoms. The highest BCUT2D eigenvalue weighted by Crippen LogP contribution is 2.27. The smallest absolute Gasteiger partial charge is 0.317 e. The van der Waals surface area contributed by atoms with E-state index in [0.29, 0.717) is 6.54 Å². The number of nitrogens with zero attached hydrogens (tertiary/aromatic N) is 1. The van der Waals surface area contributed by atoms with E-state index in [4.69, 9.17) is 9.47 Å². The number of hydrogen-bond donors (Lipinski definition) is 1. The molecule has 124 valence electrons. The van der Waals surface area contributed by atoms with Crippen LogP contribution in [0.1, 0.15) is 37.8 Å². The van der Waals surface area contributed by atoms with Gasteiger partial charge in [-0.3, -0.25) is 0 Å². The first kappa shape index (κ1) is 18.3. The summed E-state index contributed by atoms with van der Waals surface area (Å²) in [6.07, 6.45) is 3.05. The van der Waals surface area contributed by atoms with Gasteiger partial charge in [-0.05, 0) is 32.3 Å². The van der Waals surface area contributed by atoms with Crippen molar-refractivity contribution in [2.24, 2.45) is 0 Å². The van der Waals surface area contributed by atoms with Crippen LogP contribution in [0.15, 0.2) is 24.3 Å². The summed E-state index contributed by atoms with van der Waals surface area (Å²) in [5.74, 6) is 0.800. The highest BCUT2D eigenvalue weighted by molar-refractivity contribution is 5.74. The van der Waals surface area contributed by atoms with Crippen LogP contribution in [0.5, 0.6) is 5.75 Å². The Morgan fingerprint density at radius 2 is 1.95 bits per heavy atom. The minimum atomic E-state index is -0.0647. The summed E-state index contributed by atoms with van der Waals surface area (Å²) < 4.78 is 10.4. The number of methoxy groups -OCH3 is 2. The zero-order valence-corrected chi connectivity index (χ0v) is 14.1. The number of carbonyl (C=O) groups is 1. The van der Waals surface area contributed by atoms with E-state index in [2.05, 4.69) is 5.32 Å². The highest BCUT2D eigenvalue weighted by atomic mass is 16.5. The highest BCUT2D eigenvalue weighted by Gasteiger charge is 2.19. The molecule has 0 fully saturated rings. The van der Waals surface area contributed by atoms with E-state index >= 15 is 0 Å². The molecule has 0 bridgehead atoms. The molecule has 0 aliphatic heterocycles. The van der Waals surface area contributed by atoms with Crippen molar-refractivity contribution in [2.45, 2.75) is 32.2 Å². The fourth-order valence-corrected chi connectivity index (χ4v) is 2.26. The average molecular weight is 308 g/mol. The zero-order chi connectivity index (χ0) is 16.4. The summed E-state index contributed by atoms with van der Waals surface area (Å²) in [6, 6.07) is 7.66. The fourth-order valence-electron chi connectivity index (χ4n) is 2.26. The van der Waals surface area contributed by atoms with Crippen LogP contribution in [0.4, 0.5) is 4.79 Å². The number of carbonyl (C=O) groups excluding carboxylic acids is 1. The van der Waals surface area contributed by atoms with Crippen molar-refractivity contribution in [3.8, 4) is 5.75 Å². The Bertz CT molecular complexity index is 451. The lowest BCUT2D eigenvalue weighted by Crippen LogP contribution is -2.39. The first-order valence-electron chi connectivity index (χ1n) is 7.74. The van der Waals surface area contributed by atoms with Gasteiger partial charge in [0, 0.05) is 32.9 Å². The molecule has 1 unspecified atom stereocenters. The van der Waals surface area contributed by atoms with E-state index in [0.717, 1.165) is 37.2 Å². The number of hydrogen-bond acceptors (Lipinski definition) is 3. The molecule has 1 aromatic rings. The number of benzene rings is 1. The van der Waals surface area contributed by atoms with Gasteiger partial charge in [0.05, 0.1) is 13.2 Å². The molecule has 0 saturated carbocycles. The van der Waals surface area contributed by atoms with Crippen LogP contribution in [-0.4, -0.2) is 45.3 Å². The van der Waals surface area contributed by atoms with Crippen molar-refractivity contribution >= 4 is 6.03 Å². The van der Waals surface area contributed by atoms with Gasteiger partial charge in [0.15, 0.2) is 0 Å². The Morgan fingerprint density at radius 1 is 1.23 bits per heavy atom. The molecule has 0 aliphatic rings. The van der Waals surface area contributed by atoms with Gasteiger partial charge < -0.3 is 19.7 Å². The number of ether oxygens (including phenoxy) is 2. The first-order chi connectivity index (χ1) is 10.6. The molecule has 2 amide bonds. The summed E-state index contributed by atoms with van der Waals surface area (Å²) in [5, 5.41) is 2.95. The molecule has 5 nitrogen and oxygen atoms in total. The van der Waals surface area contributed by atoms with Gasteiger partial charge in [0.25, 0.3) is 0 Å². The Balaban J connectivity index is 2.45. The Labute approximate surface area is 133 Å². The molecule has 0 saturated heterocycles. The maximum Gasteiger partial charge on any atom is 0.317 e. The van der Waals surface area contributed by atoms with Gasteiger partial charge in [-0.1, -0.05) is 18.2 Å². The normalized spacial score (nSPS) is 11.8. The number of urea groups is 1. The van der Waals surface area contributed by atoms with Crippen LogP contribution in [0.2, 0.25) is 0 Å². The van der Waals surface area contributed by atoms with Crippen LogP contribution in [-0.2, 0) is 4.74 Å². The summed E-state index contributed by atoms with van der Waals surface area (Å²) in [6.45, 7) is 3.46. The summed E-state index contributed by atoms with van der Waals surface area (Å²) in [5.41, 5.74) is 1.00. The second kappa shape index (κ2) is 10.1. The van der Waals surface area contributed by atoms with Crippen LogP contribution >= 0.6 is 0 Å². The van der Waals surface area contributed by atoms with Gasteiger partial charge in [-0.15, -0.1) is 0 Å². The molecule has 1 rings (SSSR count). The Morgan fingerprint density at radius 3 is 2.64 bits per heavy atom. The van der Waals surface area contributed by atoms with Crippen molar-refractivity contribution in [1.29, 1.82) is 0 Å². The molecule has 1 N–H and O–H groups in total. The third-order valence-electron chi connectivity index (χ3n) is 3.79. The standard InChI is InChI=1S/C17H28N2O3/c1-14(15-10-6-7-11-16(15)22-4)19(2)17(20)18-12-8-5-9-13-21-3/h6-7,10-11,14H,5,8-9,12-13H2,1-4H3,(H,18,20). The minimum absolute atomic E-state index is 0.0513. The summed E-state index contributed by atoms with van der Waals surface area (Å²) in [4.78, 5) is 13.9. The fraction of sp³-hybridized carbons (Fsp3) is 0.588. The van der Waals surface area contributed by atoms with Crippen LogP contribution < -0.4 is 10.1 Å². The molecule has 0 aliphatic carbocycles. The predicted octanol–water partition coefficient (Wildman–Crippen LogP) is 3.21. The summed E-state index contributed by atoms with van der Waals surface area (Å²) in [7, 11) is 5.15. The van der Waals surface area contributed by atoms with Crippen LogP contribution in [0, 0.1) is 0 Å². The van der Waals surface area contributed by atoms with Crippen molar-refractivity contribution in [3.63, 3.8) is 0 Å². The maximum atomic E-state index is 12.2. The first-order valence-corrected chi connectivity index (χ1v) is 7.74. The average Bonchev–Trinajstić information content (AvgIpc) is 2.56. The minimum Gasteiger partial charge on any atom is -0.496 e. The molecule has 1 aromatic carbocycles. The SMILES string of the molecule is COCCCCCNC(=O)N(C)C(C)c1ccccc1OC. The third kappa shape index (κ3) is 5.56. The Hall–Kier alpha value is -1.75. The van der Waals surface area contributed by atoms with E-state index in [-0.39, 0.29) is 12.1 Å². The molecular weight excluding hydrogens is 280 g/mol. The largest absolute Gasteiger partial charge is 0.496 e. The van der Waals surface area contributed by atoms with E-state index in [1.165, 1.54) is 0 Å². The second-order valence-corrected chi connectivity index (χ2v) is 5.31. The van der Waals surface area contributed by atoms with E-state index in [9.17, 15) is 4.79 Å². The molecule has 1 atom stereocenters. The molecule has 0 heterocycles. The lowest BCUT2D eigenvalue weighted by Gasteiger charge is -2.26. The topological polar surface area (TPSA) is 50.8 Å². The molecule has 0 aromatic heterocycles. The van der Waals surface area contributed by atoms with Crippen molar-refractivity contribution in [3.05, 3.63) is 29.8 Å². The zero-order valence-electron chi connectivity index (χ0n) is 14.1. The third-order valence-corrected chi connectivity index (χ3v) is 3.79. The summed E-state index contributed by atoms with van der Waals surface area (Å²) >= 11 is 0. The van der Waals surface area contributed by atoms with Gasteiger partial charge >= 0.3 is 6.03 Å². The number of nitrogens with one attached hydrogen (secondary N) is 1. The van der Waals surface area contributed by atoms with Gasteiger partial charge in [0.1, 0.15) is 5.75 Å². The monoisotopic (exact) mass is 308 g/mol. The van der Waals surface area contributed by atoms with Gasteiger partial charge in [-0.2, -0.15) is 0 Å². The molecule has 0 spiro atoms. The lowest BCUT2D eigenvalue weighted by atomic mass is 10.1. The van der Waals surface area contributed by atoms with Crippen LogP contribution in [0.25, 0.3) is 0 Å². The van der Waals surface area contributed by atoms with E-state index < -0.39 is 0 Å². The van der Waals surface area contributed by atoms with E-state index in [1.54, 1.807) is 26.2 Å². The molecule has 0 radical (unpaired) electrons. The van der Waals surface area contributed by atoms with Crippen molar-refractivity contribution < 1.29 is 14.3 Å². The quantitative estimate of drug-likeness (QED) is 0.713. The molecule has 22 heavy (non-hydrogen) atoms. The van der Waals surface area contributed by atoms with Crippen LogP contribution in [0.3, 0.4) is 0 Å². The lowest BCUT2D eigenvalue weighted by molar-refractivity contribution is 0.189. The predicted molar refractivity (Wildman–Crippen MR) is 88.3 cm³/mol. The number of unbranched alkanes of at least 4 members (excludes halogenated alkanes) is 2. The molecular formula is C17H28N2O3. The van der Waals surface area contributed by atoms with Crippen molar-refractivity contribution in [1.82, 2.24) is 10.2 Å². The number of para-hydroxylation sites is 1. The number of rotatable bonds is 9. The Kier molecular flexibility index (Phi) is 8.36. The second-order valence-electron chi connectivity index (χ2n) is 5.31. The maximum absolute atomic E-state index is 12.2. The number of amides is 2. The van der Waals surface area contributed by atoms with Gasteiger partial charge in [0.2, 0.25) is 0 Å². The van der Waals surface area contributed by atoms with Crippen molar-refractivity contribution in [2.75, 3.05) is 34.4 Å².